The molecule has 100 valence electrons. The van der Waals surface area contributed by atoms with Crippen molar-refractivity contribution in [3.8, 4) is 0 Å². The standard InChI is InChI=1S/C10H17F3N2O2/c1-17-9(16)6-15-4-7(2-8(14)5-15)3-10(11,12)13/h7-8H,2-6,14H2,1H3. The van der Waals surface area contributed by atoms with Gasteiger partial charge >= 0.3 is 12.1 Å². The third kappa shape index (κ3) is 5.36. The van der Waals surface area contributed by atoms with Crippen LogP contribution in [-0.2, 0) is 9.53 Å². The summed E-state index contributed by atoms with van der Waals surface area (Å²) in [7, 11) is 1.25. The summed E-state index contributed by atoms with van der Waals surface area (Å²) in [5.41, 5.74) is 5.69. The van der Waals surface area contributed by atoms with Crippen LogP contribution in [0.1, 0.15) is 12.8 Å². The van der Waals surface area contributed by atoms with Gasteiger partial charge in [-0.05, 0) is 12.3 Å². The van der Waals surface area contributed by atoms with Crippen LogP contribution >= 0.6 is 0 Å². The van der Waals surface area contributed by atoms with E-state index >= 15 is 0 Å². The van der Waals surface area contributed by atoms with Crippen molar-refractivity contribution in [1.82, 2.24) is 4.90 Å². The molecule has 0 bridgehead atoms. The van der Waals surface area contributed by atoms with Gasteiger partial charge in [0.15, 0.2) is 0 Å². The molecule has 2 atom stereocenters. The fourth-order valence-electron chi connectivity index (χ4n) is 2.20. The van der Waals surface area contributed by atoms with E-state index in [1.807, 2.05) is 0 Å². The van der Waals surface area contributed by atoms with Crippen LogP contribution in [0.2, 0.25) is 0 Å². The minimum Gasteiger partial charge on any atom is -0.468 e. The van der Waals surface area contributed by atoms with Crippen LogP contribution in [0.15, 0.2) is 0 Å². The van der Waals surface area contributed by atoms with Gasteiger partial charge in [0, 0.05) is 25.6 Å². The van der Waals surface area contributed by atoms with E-state index in [4.69, 9.17) is 5.73 Å². The van der Waals surface area contributed by atoms with E-state index in [9.17, 15) is 18.0 Å². The van der Waals surface area contributed by atoms with Crippen molar-refractivity contribution < 1.29 is 22.7 Å². The Balaban J connectivity index is 2.50. The molecule has 0 aliphatic carbocycles. The molecule has 2 unspecified atom stereocenters. The molecule has 1 saturated heterocycles. The average molecular weight is 254 g/mol. The number of hydrogen-bond acceptors (Lipinski definition) is 4. The number of nitrogens with zero attached hydrogens (tertiary/aromatic N) is 1. The maximum atomic E-state index is 12.3. The predicted molar refractivity (Wildman–Crippen MR) is 55.2 cm³/mol. The van der Waals surface area contributed by atoms with Crippen LogP contribution in [0.4, 0.5) is 13.2 Å². The first-order valence-electron chi connectivity index (χ1n) is 5.41. The number of carbonyl (C=O) groups is 1. The number of halogens is 3. The summed E-state index contributed by atoms with van der Waals surface area (Å²) in [5.74, 6) is -0.992. The van der Waals surface area contributed by atoms with Crippen molar-refractivity contribution >= 4 is 5.97 Å². The maximum absolute atomic E-state index is 12.3. The molecule has 17 heavy (non-hydrogen) atoms. The molecule has 0 aromatic heterocycles. The van der Waals surface area contributed by atoms with Crippen LogP contribution in [0.5, 0.6) is 0 Å². The van der Waals surface area contributed by atoms with Crippen molar-refractivity contribution in [1.29, 1.82) is 0 Å². The summed E-state index contributed by atoms with van der Waals surface area (Å²) in [6.07, 6.45) is -4.69. The first-order chi connectivity index (χ1) is 7.80. The van der Waals surface area contributed by atoms with Gasteiger partial charge in [-0.25, -0.2) is 0 Å². The quantitative estimate of drug-likeness (QED) is 0.755. The minimum atomic E-state index is -4.18. The van der Waals surface area contributed by atoms with Gasteiger partial charge in [-0.3, -0.25) is 9.69 Å². The molecule has 0 aromatic carbocycles. The second-order valence-electron chi connectivity index (χ2n) is 4.45. The second-order valence-corrected chi connectivity index (χ2v) is 4.45. The van der Waals surface area contributed by atoms with E-state index in [1.54, 1.807) is 4.90 Å². The largest absolute Gasteiger partial charge is 0.468 e. The Morgan fingerprint density at radius 3 is 2.65 bits per heavy atom. The SMILES string of the molecule is COC(=O)CN1CC(N)CC(CC(F)(F)F)C1. The number of methoxy groups -OCH3 is 1. The Labute approximate surface area is 97.9 Å². The Morgan fingerprint density at radius 1 is 1.47 bits per heavy atom. The van der Waals surface area contributed by atoms with Gasteiger partial charge in [0.05, 0.1) is 13.7 Å². The maximum Gasteiger partial charge on any atom is 0.389 e. The highest BCUT2D eigenvalue weighted by Gasteiger charge is 2.36. The van der Waals surface area contributed by atoms with Gasteiger partial charge in [0.2, 0.25) is 0 Å². The zero-order chi connectivity index (χ0) is 13.1. The lowest BCUT2D eigenvalue weighted by molar-refractivity contribution is -0.150. The molecule has 0 amide bonds. The molecule has 1 aliphatic rings. The Kier molecular flexibility index (Phi) is 4.76. The molecule has 2 N–H and O–H groups in total. The molecule has 0 saturated carbocycles. The van der Waals surface area contributed by atoms with E-state index in [1.165, 1.54) is 7.11 Å². The van der Waals surface area contributed by atoms with Crippen LogP contribution in [0.25, 0.3) is 0 Å². The number of nitrogens with two attached hydrogens (primary N) is 1. The summed E-state index contributed by atoms with van der Waals surface area (Å²) in [4.78, 5) is 12.7. The molecule has 7 heteroatoms. The topological polar surface area (TPSA) is 55.6 Å². The Bertz CT molecular complexity index is 271. The van der Waals surface area contributed by atoms with Crippen LogP contribution in [0.3, 0.4) is 0 Å². The fourth-order valence-corrected chi connectivity index (χ4v) is 2.20. The van der Waals surface area contributed by atoms with Crippen molar-refractivity contribution in [2.75, 3.05) is 26.7 Å². The third-order valence-electron chi connectivity index (χ3n) is 2.75. The van der Waals surface area contributed by atoms with Crippen LogP contribution in [0, 0.1) is 5.92 Å². The van der Waals surface area contributed by atoms with Crippen LogP contribution < -0.4 is 5.73 Å². The first-order valence-corrected chi connectivity index (χ1v) is 5.41. The number of ether oxygens (including phenoxy) is 1. The number of piperidine rings is 1. The number of carbonyl (C=O) groups excluding carboxylic acids is 1. The number of likely N-dealkylation sites (tertiary alicyclic amines) is 1. The molecule has 1 aliphatic heterocycles. The normalized spacial score (nSPS) is 26.9. The molecule has 0 aromatic rings. The summed E-state index contributed by atoms with van der Waals surface area (Å²) in [6, 6.07) is -0.319. The zero-order valence-corrected chi connectivity index (χ0v) is 9.67. The minimum absolute atomic E-state index is 0.00143. The average Bonchev–Trinajstić information content (AvgIpc) is 2.13. The molecule has 1 heterocycles. The lowest BCUT2D eigenvalue weighted by Gasteiger charge is -2.35. The number of alkyl halides is 3. The van der Waals surface area contributed by atoms with E-state index in [2.05, 4.69) is 4.74 Å². The number of rotatable bonds is 3. The highest BCUT2D eigenvalue weighted by atomic mass is 19.4. The molecular weight excluding hydrogens is 237 g/mol. The van der Waals surface area contributed by atoms with Crippen molar-refractivity contribution in [2.24, 2.45) is 11.7 Å². The monoisotopic (exact) mass is 254 g/mol. The lowest BCUT2D eigenvalue weighted by atomic mass is 9.92. The summed E-state index contributed by atoms with van der Waals surface area (Å²) < 4.78 is 41.3. The van der Waals surface area contributed by atoms with E-state index in [0.717, 1.165) is 0 Å². The van der Waals surface area contributed by atoms with Crippen LogP contribution in [-0.4, -0.2) is 49.8 Å². The molecule has 0 spiro atoms. The Hall–Kier alpha value is -0.820. The van der Waals surface area contributed by atoms with Gasteiger partial charge in [-0.15, -0.1) is 0 Å². The predicted octanol–water partition coefficient (Wildman–Crippen LogP) is 0.761. The summed E-state index contributed by atoms with van der Waals surface area (Å²) >= 11 is 0. The summed E-state index contributed by atoms with van der Waals surface area (Å²) in [5, 5.41) is 0. The molecule has 1 rings (SSSR count). The van der Waals surface area contributed by atoms with Gasteiger partial charge in [0.1, 0.15) is 0 Å². The van der Waals surface area contributed by atoms with Crippen molar-refractivity contribution in [3.05, 3.63) is 0 Å². The molecular formula is C10H17F3N2O2. The highest BCUT2D eigenvalue weighted by molar-refractivity contribution is 5.71. The van der Waals surface area contributed by atoms with Crippen molar-refractivity contribution in [2.45, 2.75) is 25.1 Å². The van der Waals surface area contributed by atoms with Gasteiger partial charge in [-0.1, -0.05) is 0 Å². The molecule has 4 nitrogen and oxygen atoms in total. The summed E-state index contributed by atoms with van der Waals surface area (Å²) in [6.45, 7) is 0.671. The fraction of sp³-hybridized carbons (Fsp3) is 0.900. The molecule has 0 radical (unpaired) electrons. The highest BCUT2D eigenvalue weighted by Crippen LogP contribution is 2.29. The first kappa shape index (κ1) is 14.2. The number of esters is 1. The van der Waals surface area contributed by atoms with E-state index in [0.29, 0.717) is 13.0 Å². The zero-order valence-electron chi connectivity index (χ0n) is 9.67. The second kappa shape index (κ2) is 5.68. The van der Waals surface area contributed by atoms with Gasteiger partial charge in [0.25, 0.3) is 0 Å². The smallest absolute Gasteiger partial charge is 0.389 e. The van der Waals surface area contributed by atoms with E-state index in [-0.39, 0.29) is 19.1 Å². The third-order valence-corrected chi connectivity index (χ3v) is 2.75. The van der Waals surface area contributed by atoms with E-state index < -0.39 is 24.5 Å². The van der Waals surface area contributed by atoms with Crippen molar-refractivity contribution in [3.63, 3.8) is 0 Å². The Morgan fingerprint density at radius 2 is 2.12 bits per heavy atom. The van der Waals surface area contributed by atoms with Gasteiger partial charge in [-0.2, -0.15) is 13.2 Å². The van der Waals surface area contributed by atoms with Gasteiger partial charge < -0.3 is 10.5 Å². The number of hydrogen-bond donors (Lipinski definition) is 1. The lowest BCUT2D eigenvalue weighted by Crippen LogP contribution is -2.49. The molecule has 1 fully saturated rings.